The van der Waals surface area contributed by atoms with Gasteiger partial charge in [-0.3, -0.25) is 0 Å². The van der Waals surface area contributed by atoms with Crippen LogP contribution in [-0.2, 0) is 0 Å². The molecule has 2 N–H and O–H groups in total. The van der Waals surface area contributed by atoms with Crippen LogP contribution in [0.25, 0.3) is 0 Å². The van der Waals surface area contributed by atoms with Gasteiger partial charge in [0.15, 0.2) is 0 Å². The fraction of sp³-hybridized carbons (Fsp3) is 1.00. The van der Waals surface area contributed by atoms with E-state index in [4.69, 9.17) is 0 Å². The highest BCUT2D eigenvalue weighted by Crippen LogP contribution is 2.17. The van der Waals surface area contributed by atoms with Crippen LogP contribution in [0.5, 0.6) is 0 Å². The molecule has 0 aliphatic carbocycles. The molecule has 2 atom stereocenters. The fourth-order valence-electron chi connectivity index (χ4n) is 1.92. The van der Waals surface area contributed by atoms with Crippen molar-refractivity contribution in [2.75, 3.05) is 31.1 Å². The van der Waals surface area contributed by atoms with E-state index in [0.717, 1.165) is 12.0 Å². The molecule has 2 nitrogen and oxygen atoms in total. The van der Waals surface area contributed by atoms with Gasteiger partial charge in [0, 0.05) is 11.8 Å². The molecule has 2 unspecified atom stereocenters. The highest BCUT2D eigenvalue weighted by atomic mass is 32.2. The topological polar surface area (TPSA) is 24.1 Å². The fourth-order valence-corrected chi connectivity index (χ4v) is 3.10. The molecular formula is C9H18N2S. The maximum absolute atomic E-state index is 3.66. The SMILES string of the molecule is C1CC(CNC2CCSC2)CN1. The Hall–Kier alpha value is 0.270. The lowest BCUT2D eigenvalue weighted by Gasteiger charge is -2.14. The van der Waals surface area contributed by atoms with E-state index in [-0.39, 0.29) is 0 Å². The number of nitrogens with one attached hydrogen (secondary N) is 2. The zero-order chi connectivity index (χ0) is 8.23. The minimum Gasteiger partial charge on any atom is -0.316 e. The molecule has 0 radical (unpaired) electrons. The molecule has 2 rings (SSSR count). The predicted molar refractivity (Wildman–Crippen MR) is 54.7 cm³/mol. The zero-order valence-corrected chi connectivity index (χ0v) is 8.33. The van der Waals surface area contributed by atoms with Crippen LogP contribution in [0.1, 0.15) is 12.8 Å². The van der Waals surface area contributed by atoms with Crippen molar-refractivity contribution in [1.29, 1.82) is 0 Å². The van der Waals surface area contributed by atoms with Gasteiger partial charge in [0.05, 0.1) is 0 Å². The Labute approximate surface area is 78.9 Å². The van der Waals surface area contributed by atoms with Crippen molar-refractivity contribution in [2.24, 2.45) is 5.92 Å². The minimum absolute atomic E-state index is 0.815. The smallest absolute Gasteiger partial charge is 0.0166 e. The summed E-state index contributed by atoms with van der Waals surface area (Å²) in [5, 5.41) is 7.07. The standard InChI is InChI=1S/C9H18N2S/c1-3-10-5-8(1)6-11-9-2-4-12-7-9/h8-11H,1-7H2. The molecule has 0 aromatic rings. The molecule has 0 aromatic heterocycles. The average molecular weight is 186 g/mol. The predicted octanol–water partition coefficient (Wildman–Crippen LogP) is 0.691. The van der Waals surface area contributed by atoms with Crippen molar-refractivity contribution in [1.82, 2.24) is 10.6 Å². The second kappa shape index (κ2) is 4.49. The summed E-state index contributed by atoms with van der Waals surface area (Å²) in [6.07, 6.45) is 2.75. The molecule has 2 fully saturated rings. The normalized spacial score (nSPS) is 36.0. The van der Waals surface area contributed by atoms with E-state index in [9.17, 15) is 0 Å². The molecule has 3 heteroatoms. The van der Waals surface area contributed by atoms with Gasteiger partial charge in [0.25, 0.3) is 0 Å². The third-order valence-electron chi connectivity index (χ3n) is 2.79. The molecule has 0 bridgehead atoms. The second-order valence-electron chi connectivity index (χ2n) is 3.83. The molecule has 0 amide bonds. The second-order valence-corrected chi connectivity index (χ2v) is 4.98. The minimum atomic E-state index is 0.815. The summed E-state index contributed by atoms with van der Waals surface area (Å²) in [4.78, 5) is 0. The molecule has 2 aliphatic rings. The summed E-state index contributed by atoms with van der Waals surface area (Å²) < 4.78 is 0. The largest absolute Gasteiger partial charge is 0.316 e. The van der Waals surface area contributed by atoms with Crippen LogP contribution in [-0.4, -0.2) is 37.2 Å². The van der Waals surface area contributed by atoms with Gasteiger partial charge >= 0.3 is 0 Å². The van der Waals surface area contributed by atoms with Crippen molar-refractivity contribution in [3.8, 4) is 0 Å². The maximum Gasteiger partial charge on any atom is 0.0166 e. The van der Waals surface area contributed by atoms with Crippen LogP contribution < -0.4 is 10.6 Å². The van der Waals surface area contributed by atoms with E-state index in [1.54, 1.807) is 0 Å². The lowest BCUT2D eigenvalue weighted by atomic mass is 10.1. The molecule has 70 valence electrons. The molecule has 0 spiro atoms. The van der Waals surface area contributed by atoms with Crippen molar-refractivity contribution in [3.63, 3.8) is 0 Å². The van der Waals surface area contributed by atoms with E-state index in [1.165, 1.54) is 44.0 Å². The summed E-state index contributed by atoms with van der Waals surface area (Å²) in [7, 11) is 0. The summed E-state index contributed by atoms with van der Waals surface area (Å²) in [6, 6.07) is 0.815. The van der Waals surface area contributed by atoms with Crippen LogP contribution in [0.2, 0.25) is 0 Å². The van der Waals surface area contributed by atoms with Crippen LogP contribution in [0.3, 0.4) is 0 Å². The first-order chi connectivity index (χ1) is 5.95. The quantitative estimate of drug-likeness (QED) is 0.678. The summed E-state index contributed by atoms with van der Waals surface area (Å²) in [6.45, 7) is 3.69. The Morgan fingerprint density at radius 3 is 3.08 bits per heavy atom. The van der Waals surface area contributed by atoms with E-state index in [1.807, 2.05) is 0 Å². The van der Waals surface area contributed by atoms with E-state index < -0.39 is 0 Å². The number of hydrogen-bond acceptors (Lipinski definition) is 3. The van der Waals surface area contributed by atoms with Crippen LogP contribution in [0.15, 0.2) is 0 Å². The third-order valence-corrected chi connectivity index (χ3v) is 3.95. The Bertz CT molecular complexity index is 112. The van der Waals surface area contributed by atoms with E-state index in [2.05, 4.69) is 22.4 Å². The van der Waals surface area contributed by atoms with Gasteiger partial charge in [-0.15, -0.1) is 0 Å². The molecule has 0 aromatic carbocycles. The molecule has 12 heavy (non-hydrogen) atoms. The van der Waals surface area contributed by atoms with Gasteiger partial charge in [-0.25, -0.2) is 0 Å². The third kappa shape index (κ3) is 2.38. The van der Waals surface area contributed by atoms with Crippen LogP contribution in [0, 0.1) is 5.92 Å². The first kappa shape index (κ1) is 8.85. The average Bonchev–Trinajstić information content (AvgIpc) is 2.74. The molecular weight excluding hydrogens is 168 g/mol. The monoisotopic (exact) mass is 186 g/mol. The highest BCUT2D eigenvalue weighted by Gasteiger charge is 2.18. The molecule has 2 heterocycles. The number of hydrogen-bond donors (Lipinski definition) is 2. The molecule has 0 saturated carbocycles. The Morgan fingerprint density at radius 1 is 1.42 bits per heavy atom. The highest BCUT2D eigenvalue weighted by molar-refractivity contribution is 7.99. The first-order valence-corrected chi connectivity index (χ1v) is 6.12. The van der Waals surface area contributed by atoms with Crippen LogP contribution >= 0.6 is 11.8 Å². The van der Waals surface area contributed by atoms with Crippen molar-refractivity contribution in [3.05, 3.63) is 0 Å². The number of rotatable bonds is 3. The summed E-state index contributed by atoms with van der Waals surface area (Å²) in [5.41, 5.74) is 0. The van der Waals surface area contributed by atoms with Gasteiger partial charge in [-0.1, -0.05) is 0 Å². The van der Waals surface area contributed by atoms with Gasteiger partial charge in [0.1, 0.15) is 0 Å². The lowest BCUT2D eigenvalue weighted by Crippen LogP contribution is -2.33. The van der Waals surface area contributed by atoms with E-state index >= 15 is 0 Å². The Kier molecular flexibility index (Phi) is 3.31. The van der Waals surface area contributed by atoms with Gasteiger partial charge in [-0.2, -0.15) is 11.8 Å². The van der Waals surface area contributed by atoms with Crippen LogP contribution in [0.4, 0.5) is 0 Å². The molecule has 2 saturated heterocycles. The zero-order valence-electron chi connectivity index (χ0n) is 7.51. The molecule has 2 aliphatic heterocycles. The summed E-state index contributed by atoms with van der Waals surface area (Å²) >= 11 is 2.09. The van der Waals surface area contributed by atoms with Gasteiger partial charge in [0.2, 0.25) is 0 Å². The Morgan fingerprint density at radius 2 is 2.42 bits per heavy atom. The lowest BCUT2D eigenvalue weighted by molar-refractivity contribution is 0.465. The van der Waals surface area contributed by atoms with Gasteiger partial charge < -0.3 is 10.6 Å². The van der Waals surface area contributed by atoms with Crippen molar-refractivity contribution in [2.45, 2.75) is 18.9 Å². The van der Waals surface area contributed by atoms with Crippen molar-refractivity contribution < 1.29 is 0 Å². The summed E-state index contributed by atoms with van der Waals surface area (Å²) in [5.74, 6) is 3.59. The van der Waals surface area contributed by atoms with Gasteiger partial charge in [-0.05, 0) is 44.1 Å². The maximum atomic E-state index is 3.66. The van der Waals surface area contributed by atoms with E-state index in [0.29, 0.717) is 0 Å². The first-order valence-electron chi connectivity index (χ1n) is 4.97. The van der Waals surface area contributed by atoms with Crippen molar-refractivity contribution >= 4 is 11.8 Å². The number of thioether (sulfide) groups is 1. The Balaban J connectivity index is 1.60.